The zero-order chi connectivity index (χ0) is 9.35. The topological polar surface area (TPSA) is 27.7 Å². The van der Waals surface area contributed by atoms with Crippen molar-refractivity contribution in [2.45, 2.75) is 12.9 Å². The molecule has 0 aromatic rings. The van der Waals surface area contributed by atoms with E-state index in [1.807, 2.05) is 0 Å². The molecule has 0 aromatic heterocycles. The minimum atomic E-state index is -5.14. The Morgan fingerprint density at radius 2 is 1.83 bits per heavy atom. The average molecular weight is 192 g/mol. The van der Waals surface area contributed by atoms with E-state index in [9.17, 15) is 22.0 Å². The first kappa shape index (κ1) is 8.88. The summed E-state index contributed by atoms with van der Waals surface area (Å²) in [6.45, 7) is -2.60. The molecule has 0 bridgehead atoms. The third-order valence-electron chi connectivity index (χ3n) is 0.765. The Bertz CT molecular complexity index is 209. The highest BCUT2D eigenvalue weighted by Crippen LogP contribution is 2.30. The van der Waals surface area contributed by atoms with Crippen molar-refractivity contribution in [2.24, 2.45) is 0 Å². The fourth-order valence-corrected chi connectivity index (χ4v) is 0.453. The van der Waals surface area contributed by atoms with Gasteiger partial charge in [0, 0.05) is 0 Å². The van der Waals surface area contributed by atoms with Crippen LogP contribution in [0.4, 0.5) is 22.0 Å². The number of ether oxygens (including phenoxy) is 3. The van der Waals surface area contributed by atoms with Crippen LogP contribution in [0.5, 0.6) is 0 Å². The first-order valence-electron chi connectivity index (χ1n) is 2.51. The van der Waals surface area contributed by atoms with E-state index in [0.717, 1.165) is 0 Å². The van der Waals surface area contributed by atoms with Crippen LogP contribution in [-0.4, -0.2) is 12.9 Å². The zero-order valence-electron chi connectivity index (χ0n) is 5.19. The molecule has 0 saturated heterocycles. The maximum atomic E-state index is 12.0. The van der Waals surface area contributed by atoms with Crippen LogP contribution in [0.25, 0.3) is 0 Å². The molecule has 1 heterocycles. The standard InChI is InChI=1S/C4HF5O3/c5-1-2(11-3(6)10-1)12-4(7,8)9/h3H. The Hall–Kier alpha value is -1.21. The number of hydrogen-bond acceptors (Lipinski definition) is 3. The Kier molecular flexibility index (Phi) is 1.99. The Morgan fingerprint density at radius 1 is 1.25 bits per heavy atom. The lowest BCUT2D eigenvalue weighted by Crippen LogP contribution is -2.14. The average Bonchev–Trinajstić information content (AvgIpc) is 2.06. The third-order valence-corrected chi connectivity index (χ3v) is 0.765. The summed E-state index contributed by atoms with van der Waals surface area (Å²) in [5.74, 6) is -1.66. The lowest BCUT2D eigenvalue weighted by molar-refractivity contribution is -0.327. The second kappa shape index (κ2) is 2.68. The minimum Gasteiger partial charge on any atom is -0.397 e. The summed E-state index contributed by atoms with van der Waals surface area (Å²) in [5.41, 5.74) is 0. The van der Waals surface area contributed by atoms with Crippen molar-refractivity contribution < 1.29 is 36.2 Å². The highest BCUT2D eigenvalue weighted by molar-refractivity contribution is 4.89. The first-order chi connectivity index (χ1) is 5.38. The molecule has 0 N–H and O–H groups in total. The first-order valence-corrected chi connectivity index (χ1v) is 2.51. The number of rotatable bonds is 1. The molecule has 0 spiro atoms. The lowest BCUT2D eigenvalue weighted by Gasteiger charge is -2.06. The van der Waals surface area contributed by atoms with Gasteiger partial charge in [-0.25, -0.2) is 0 Å². The van der Waals surface area contributed by atoms with E-state index in [1.165, 1.54) is 0 Å². The van der Waals surface area contributed by atoms with Crippen LogP contribution in [0.1, 0.15) is 0 Å². The second-order valence-electron chi connectivity index (χ2n) is 1.62. The third kappa shape index (κ3) is 2.14. The molecule has 0 aromatic carbocycles. The quantitative estimate of drug-likeness (QED) is 0.594. The molecule has 0 fully saturated rings. The van der Waals surface area contributed by atoms with E-state index < -0.39 is 24.9 Å². The van der Waals surface area contributed by atoms with Gasteiger partial charge in [-0.1, -0.05) is 0 Å². The molecular formula is C4HF5O3. The lowest BCUT2D eigenvalue weighted by atomic mass is 10.9. The minimum absolute atomic E-state index is 1.66. The fourth-order valence-electron chi connectivity index (χ4n) is 0.453. The van der Waals surface area contributed by atoms with Crippen molar-refractivity contribution in [1.82, 2.24) is 0 Å². The predicted molar refractivity (Wildman–Crippen MR) is 22.3 cm³/mol. The van der Waals surface area contributed by atoms with Crippen LogP contribution >= 0.6 is 0 Å². The number of hydrogen-bond donors (Lipinski definition) is 0. The summed E-state index contributed by atoms with van der Waals surface area (Å²) in [6, 6.07) is -1.88. The van der Waals surface area contributed by atoms with Gasteiger partial charge in [-0.3, -0.25) is 0 Å². The van der Waals surface area contributed by atoms with Gasteiger partial charge in [0.05, 0.1) is 0 Å². The van der Waals surface area contributed by atoms with Crippen molar-refractivity contribution in [2.75, 3.05) is 0 Å². The van der Waals surface area contributed by atoms with Crippen LogP contribution in [0.15, 0.2) is 12.0 Å². The molecular weight excluding hydrogens is 191 g/mol. The van der Waals surface area contributed by atoms with Gasteiger partial charge < -0.3 is 14.2 Å². The van der Waals surface area contributed by atoms with Crippen LogP contribution in [0, 0.1) is 0 Å². The van der Waals surface area contributed by atoms with Gasteiger partial charge in [-0.2, -0.15) is 8.78 Å². The molecule has 8 heteroatoms. The molecule has 1 aliphatic rings. The van der Waals surface area contributed by atoms with Crippen molar-refractivity contribution in [3.63, 3.8) is 0 Å². The smallest absolute Gasteiger partial charge is 0.397 e. The fraction of sp³-hybridized carbons (Fsp3) is 0.500. The summed E-state index contributed by atoms with van der Waals surface area (Å²) in [6.07, 6.45) is -5.14. The molecule has 0 amide bonds. The van der Waals surface area contributed by atoms with E-state index in [-0.39, 0.29) is 0 Å². The summed E-state index contributed by atoms with van der Waals surface area (Å²) in [4.78, 5) is 0. The Morgan fingerprint density at radius 3 is 2.17 bits per heavy atom. The number of halogens is 5. The van der Waals surface area contributed by atoms with Gasteiger partial charge in [0.25, 0.3) is 0 Å². The van der Waals surface area contributed by atoms with E-state index >= 15 is 0 Å². The summed E-state index contributed by atoms with van der Waals surface area (Å²) >= 11 is 0. The van der Waals surface area contributed by atoms with Crippen LogP contribution in [0.2, 0.25) is 0 Å². The van der Waals surface area contributed by atoms with E-state index in [4.69, 9.17) is 0 Å². The maximum Gasteiger partial charge on any atom is 0.575 e. The van der Waals surface area contributed by atoms with E-state index in [1.54, 1.807) is 0 Å². The molecule has 12 heavy (non-hydrogen) atoms. The molecule has 1 atom stereocenters. The molecule has 1 unspecified atom stereocenters. The molecule has 0 radical (unpaired) electrons. The highest BCUT2D eigenvalue weighted by atomic mass is 19.4. The molecule has 0 aliphatic carbocycles. The van der Waals surface area contributed by atoms with Crippen molar-refractivity contribution in [1.29, 1.82) is 0 Å². The van der Waals surface area contributed by atoms with Gasteiger partial charge in [0.15, 0.2) is 0 Å². The van der Waals surface area contributed by atoms with Gasteiger partial charge in [-0.05, 0) is 0 Å². The monoisotopic (exact) mass is 192 g/mol. The van der Waals surface area contributed by atoms with Gasteiger partial charge in [0.1, 0.15) is 0 Å². The van der Waals surface area contributed by atoms with Gasteiger partial charge in [-0.15, -0.1) is 13.2 Å². The zero-order valence-corrected chi connectivity index (χ0v) is 5.19. The molecule has 0 saturated carbocycles. The predicted octanol–water partition coefficient (Wildman–Crippen LogP) is 1.92. The Labute approximate surface area is 62.3 Å². The largest absolute Gasteiger partial charge is 0.575 e. The van der Waals surface area contributed by atoms with Crippen LogP contribution < -0.4 is 0 Å². The maximum absolute atomic E-state index is 12.0. The van der Waals surface area contributed by atoms with Crippen LogP contribution in [0.3, 0.4) is 0 Å². The molecule has 70 valence electrons. The van der Waals surface area contributed by atoms with Crippen molar-refractivity contribution in [3.8, 4) is 0 Å². The van der Waals surface area contributed by atoms with E-state index in [2.05, 4.69) is 14.2 Å². The summed E-state index contributed by atoms with van der Waals surface area (Å²) in [5, 5.41) is 0. The van der Waals surface area contributed by atoms with Gasteiger partial charge in [0.2, 0.25) is 0 Å². The van der Waals surface area contributed by atoms with Crippen molar-refractivity contribution >= 4 is 0 Å². The van der Waals surface area contributed by atoms with Crippen LogP contribution in [-0.2, 0) is 14.2 Å². The number of alkyl halides is 4. The van der Waals surface area contributed by atoms with Crippen molar-refractivity contribution in [3.05, 3.63) is 12.0 Å². The second-order valence-corrected chi connectivity index (χ2v) is 1.62. The highest BCUT2D eigenvalue weighted by Gasteiger charge is 2.40. The Balaban J connectivity index is 2.59. The SMILES string of the molecule is FC1=C(OC(F)(F)F)OC(F)O1. The molecule has 1 aliphatic heterocycles. The molecule has 3 nitrogen and oxygen atoms in total. The van der Waals surface area contributed by atoms with Gasteiger partial charge >= 0.3 is 24.9 Å². The van der Waals surface area contributed by atoms with E-state index in [0.29, 0.717) is 0 Å². The molecule has 1 rings (SSSR count). The normalized spacial score (nSPS) is 23.6. The summed E-state index contributed by atoms with van der Waals surface area (Å²) < 4.78 is 67.7. The summed E-state index contributed by atoms with van der Waals surface area (Å²) in [7, 11) is 0.